The largest absolute Gasteiger partial charge is 0.383 e. The molecule has 29 heavy (non-hydrogen) atoms. The van der Waals surface area contributed by atoms with Crippen molar-refractivity contribution in [3.8, 4) is 0 Å². The van der Waals surface area contributed by atoms with Gasteiger partial charge < -0.3 is 20.3 Å². The molecule has 7 heteroatoms. The van der Waals surface area contributed by atoms with Crippen LogP contribution >= 0.6 is 11.6 Å². The molecule has 154 valence electrons. The first-order valence-corrected chi connectivity index (χ1v) is 10.2. The Kier molecular flexibility index (Phi) is 7.49. The molecule has 0 aromatic heterocycles. The fourth-order valence-corrected chi connectivity index (χ4v) is 3.63. The minimum atomic E-state index is -0.313. The van der Waals surface area contributed by atoms with Gasteiger partial charge in [0.2, 0.25) is 0 Å². The Hall–Kier alpha value is -2.57. The molecule has 6 nitrogen and oxygen atoms in total. The van der Waals surface area contributed by atoms with E-state index in [1.807, 2.05) is 12.1 Å². The molecule has 2 aromatic carbocycles. The number of nitrogens with one attached hydrogen (secondary N) is 2. The Labute approximate surface area is 176 Å². The van der Waals surface area contributed by atoms with Crippen LogP contribution in [0.2, 0.25) is 5.02 Å². The number of halogens is 1. The summed E-state index contributed by atoms with van der Waals surface area (Å²) in [6.45, 7) is 2.70. The molecular formula is C22H26ClN3O3. The third kappa shape index (κ3) is 5.49. The number of piperidine rings is 1. The Morgan fingerprint density at radius 3 is 2.52 bits per heavy atom. The number of carbonyl (C=O) groups is 2. The number of hydrogen-bond donors (Lipinski definition) is 2. The number of ether oxygens (including phenoxy) is 1. The summed E-state index contributed by atoms with van der Waals surface area (Å²) in [5.74, 6) is -0.497. The fraction of sp³-hybridized carbons (Fsp3) is 0.364. The van der Waals surface area contributed by atoms with E-state index >= 15 is 0 Å². The van der Waals surface area contributed by atoms with Gasteiger partial charge in [-0.15, -0.1) is 0 Å². The molecule has 1 saturated heterocycles. The van der Waals surface area contributed by atoms with Gasteiger partial charge in [-0.3, -0.25) is 9.59 Å². The van der Waals surface area contributed by atoms with E-state index in [4.69, 9.17) is 16.3 Å². The highest BCUT2D eigenvalue weighted by Crippen LogP contribution is 2.28. The summed E-state index contributed by atoms with van der Waals surface area (Å²) >= 11 is 6.12. The van der Waals surface area contributed by atoms with E-state index in [0.29, 0.717) is 35.0 Å². The zero-order valence-corrected chi connectivity index (χ0v) is 17.3. The molecule has 1 aliphatic rings. The van der Waals surface area contributed by atoms with Gasteiger partial charge in [0.05, 0.1) is 22.8 Å². The van der Waals surface area contributed by atoms with Crippen LogP contribution < -0.4 is 15.5 Å². The molecule has 2 aromatic rings. The van der Waals surface area contributed by atoms with Crippen molar-refractivity contribution in [3.63, 3.8) is 0 Å². The quantitative estimate of drug-likeness (QED) is 0.671. The monoisotopic (exact) mass is 415 g/mol. The van der Waals surface area contributed by atoms with Crippen molar-refractivity contribution in [2.75, 3.05) is 43.6 Å². The van der Waals surface area contributed by atoms with Crippen molar-refractivity contribution in [1.29, 1.82) is 0 Å². The van der Waals surface area contributed by atoms with Crippen LogP contribution in [0.15, 0.2) is 42.5 Å². The van der Waals surface area contributed by atoms with Gasteiger partial charge >= 0.3 is 0 Å². The average molecular weight is 416 g/mol. The molecule has 0 spiro atoms. The zero-order valence-electron chi connectivity index (χ0n) is 16.5. The van der Waals surface area contributed by atoms with Crippen molar-refractivity contribution in [2.24, 2.45) is 0 Å². The number of rotatable bonds is 7. The predicted molar refractivity (Wildman–Crippen MR) is 116 cm³/mol. The molecular weight excluding hydrogens is 390 g/mol. The third-order valence-electron chi connectivity index (χ3n) is 4.91. The number of benzene rings is 2. The van der Waals surface area contributed by atoms with Crippen LogP contribution in [0, 0.1) is 0 Å². The number of methoxy groups -OCH3 is 1. The van der Waals surface area contributed by atoms with Gasteiger partial charge in [-0.05, 0) is 49.6 Å². The van der Waals surface area contributed by atoms with Gasteiger partial charge in [0, 0.05) is 38.1 Å². The number of anilines is 2. The van der Waals surface area contributed by atoms with Crippen LogP contribution in [0.5, 0.6) is 0 Å². The van der Waals surface area contributed by atoms with Crippen LogP contribution in [0.1, 0.15) is 40.0 Å². The van der Waals surface area contributed by atoms with Gasteiger partial charge in [-0.1, -0.05) is 23.7 Å². The molecule has 1 heterocycles. The van der Waals surface area contributed by atoms with E-state index in [2.05, 4.69) is 15.5 Å². The minimum Gasteiger partial charge on any atom is -0.383 e. The first-order chi connectivity index (χ1) is 14.1. The Morgan fingerprint density at radius 1 is 1.03 bits per heavy atom. The van der Waals surface area contributed by atoms with E-state index in [9.17, 15) is 9.59 Å². The highest BCUT2D eigenvalue weighted by Gasteiger charge is 2.20. The van der Waals surface area contributed by atoms with Crippen molar-refractivity contribution < 1.29 is 14.3 Å². The summed E-state index contributed by atoms with van der Waals surface area (Å²) < 4.78 is 5.02. The molecule has 3 rings (SSSR count). The van der Waals surface area contributed by atoms with Crippen molar-refractivity contribution in [3.05, 3.63) is 58.6 Å². The molecule has 2 amide bonds. The first-order valence-electron chi connectivity index (χ1n) is 9.82. The normalized spacial score (nSPS) is 13.8. The molecule has 0 atom stereocenters. The second-order valence-corrected chi connectivity index (χ2v) is 7.37. The smallest absolute Gasteiger partial charge is 0.257 e. The molecule has 0 unspecified atom stereocenters. The second-order valence-electron chi connectivity index (χ2n) is 6.96. The number of amides is 2. The maximum absolute atomic E-state index is 12.8. The van der Waals surface area contributed by atoms with Crippen LogP contribution in [0.4, 0.5) is 11.4 Å². The van der Waals surface area contributed by atoms with Gasteiger partial charge in [0.15, 0.2) is 0 Å². The van der Waals surface area contributed by atoms with E-state index in [0.717, 1.165) is 31.6 Å². The van der Waals surface area contributed by atoms with Gasteiger partial charge in [-0.2, -0.15) is 0 Å². The minimum absolute atomic E-state index is 0.184. The average Bonchev–Trinajstić information content (AvgIpc) is 2.74. The molecule has 0 radical (unpaired) electrons. The lowest BCUT2D eigenvalue weighted by atomic mass is 10.1. The molecule has 0 bridgehead atoms. The summed E-state index contributed by atoms with van der Waals surface area (Å²) in [6.07, 6.45) is 3.42. The lowest BCUT2D eigenvalue weighted by Crippen LogP contribution is -2.33. The van der Waals surface area contributed by atoms with E-state index < -0.39 is 0 Å². The van der Waals surface area contributed by atoms with Crippen LogP contribution in [-0.2, 0) is 4.74 Å². The van der Waals surface area contributed by atoms with Crippen molar-refractivity contribution in [1.82, 2.24) is 5.32 Å². The van der Waals surface area contributed by atoms with Gasteiger partial charge in [0.25, 0.3) is 11.8 Å². The number of nitrogens with zero attached hydrogens (tertiary/aromatic N) is 1. The maximum Gasteiger partial charge on any atom is 0.257 e. The van der Waals surface area contributed by atoms with Crippen LogP contribution in [0.25, 0.3) is 0 Å². The summed E-state index contributed by atoms with van der Waals surface area (Å²) in [4.78, 5) is 27.6. The molecule has 0 saturated carbocycles. The van der Waals surface area contributed by atoms with E-state index in [1.54, 1.807) is 37.4 Å². The zero-order chi connectivity index (χ0) is 20.6. The lowest BCUT2D eigenvalue weighted by Gasteiger charge is -2.30. The predicted octanol–water partition coefficient (Wildman–Crippen LogP) is 3.96. The van der Waals surface area contributed by atoms with Gasteiger partial charge in [-0.25, -0.2) is 0 Å². The summed E-state index contributed by atoms with van der Waals surface area (Å²) in [5, 5.41) is 6.10. The Morgan fingerprint density at radius 2 is 1.79 bits per heavy atom. The topological polar surface area (TPSA) is 70.7 Å². The standard InChI is InChI=1S/C22H26ClN3O3/c1-29-14-11-24-21(27)18-15-16(9-10-20(18)26-12-5-2-6-13-26)25-22(28)17-7-3-4-8-19(17)23/h3-4,7-10,15H,2,5-6,11-14H2,1H3,(H,24,27)(H,25,28). The van der Waals surface area contributed by atoms with Crippen molar-refractivity contribution in [2.45, 2.75) is 19.3 Å². The Bertz CT molecular complexity index is 866. The van der Waals surface area contributed by atoms with E-state index in [1.165, 1.54) is 6.42 Å². The van der Waals surface area contributed by atoms with Gasteiger partial charge in [0.1, 0.15) is 0 Å². The summed E-state index contributed by atoms with van der Waals surface area (Å²) in [6, 6.07) is 12.3. The molecule has 2 N–H and O–H groups in total. The molecule has 0 aliphatic carbocycles. The SMILES string of the molecule is COCCNC(=O)c1cc(NC(=O)c2ccccc2Cl)ccc1N1CCCCC1. The molecule has 1 aliphatic heterocycles. The van der Waals surface area contributed by atoms with Crippen LogP contribution in [0.3, 0.4) is 0 Å². The molecule has 1 fully saturated rings. The first kappa shape index (κ1) is 21.1. The number of carbonyl (C=O) groups excluding carboxylic acids is 2. The third-order valence-corrected chi connectivity index (χ3v) is 5.24. The Balaban J connectivity index is 1.84. The summed E-state index contributed by atoms with van der Waals surface area (Å²) in [5.41, 5.74) is 2.36. The maximum atomic E-state index is 12.8. The summed E-state index contributed by atoms with van der Waals surface area (Å²) in [7, 11) is 1.59. The highest BCUT2D eigenvalue weighted by molar-refractivity contribution is 6.34. The fourth-order valence-electron chi connectivity index (χ4n) is 3.41. The van der Waals surface area contributed by atoms with Crippen molar-refractivity contribution >= 4 is 34.8 Å². The van der Waals surface area contributed by atoms with Crippen LogP contribution in [-0.4, -0.2) is 45.2 Å². The van der Waals surface area contributed by atoms with E-state index in [-0.39, 0.29) is 11.8 Å². The highest BCUT2D eigenvalue weighted by atomic mass is 35.5. The lowest BCUT2D eigenvalue weighted by molar-refractivity contribution is 0.0936. The number of hydrogen-bond acceptors (Lipinski definition) is 4. The second kappa shape index (κ2) is 10.3.